The van der Waals surface area contributed by atoms with Crippen LogP contribution in [0.2, 0.25) is 0 Å². The Morgan fingerprint density at radius 2 is 1.75 bits per heavy atom. The Kier molecular flexibility index (Phi) is 12.6. The van der Waals surface area contributed by atoms with Crippen molar-refractivity contribution in [3.63, 3.8) is 0 Å². The summed E-state index contributed by atoms with van der Waals surface area (Å²) in [7, 11) is 0. The zero-order valence-corrected chi connectivity index (χ0v) is 21.8. The molecule has 0 bridgehead atoms. The van der Waals surface area contributed by atoms with E-state index in [2.05, 4.69) is 12.2 Å². The first-order valence-corrected chi connectivity index (χ1v) is 12.4. The number of rotatable bonds is 11. The van der Waals surface area contributed by atoms with Crippen molar-refractivity contribution < 1.29 is 23.9 Å². The number of amides is 1. The van der Waals surface area contributed by atoms with Gasteiger partial charge in [0.25, 0.3) is 0 Å². The summed E-state index contributed by atoms with van der Waals surface area (Å²) in [5, 5.41) is 3.16. The number of esters is 1. The van der Waals surface area contributed by atoms with E-state index in [-0.39, 0.29) is 18.8 Å². The average molecular weight is 516 g/mol. The SMILES string of the molecule is CCCCCCC[C@H](CC(=O)OCC(Cl)(Cl)Cl)C(=O)[C@@H]1CNCCN1C(=O)OC(C)(C)C. The summed E-state index contributed by atoms with van der Waals surface area (Å²) in [5.41, 5.74) is -0.671. The van der Waals surface area contributed by atoms with Crippen LogP contribution in [0.15, 0.2) is 0 Å². The van der Waals surface area contributed by atoms with Gasteiger partial charge in [-0.25, -0.2) is 4.79 Å². The predicted octanol–water partition coefficient (Wildman–Crippen LogP) is 5.04. The normalized spacial score (nSPS) is 18.2. The van der Waals surface area contributed by atoms with Crippen LogP contribution in [-0.4, -0.2) is 64.4 Å². The van der Waals surface area contributed by atoms with Gasteiger partial charge in [-0.3, -0.25) is 14.5 Å². The van der Waals surface area contributed by atoms with E-state index >= 15 is 0 Å². The second-order valence-electron chi connectivity index (χ2n) is 9.18. The lowest BCUT2D eigenvalue weighted by Crippen LogP contribution is -2.59. The van der Waals surface area contributed by atoms with Gasteiger partial charge < -0.3 is 14.8 Å². The molecule has 1 N–H and O–H groups in total. The number of unbranched alkanes of at least 4 members (excludes halogenated alkanes) is 4. The van der Waals surface area contributed by atoms with Crippen LogP contribution in [0.3, 0.4) is 0 Å². The van der Waals surface area contributed by atoms with Crippen molar-refractivity contribution in [2.75, 3.05) is 26.2 Å². The number of piperazine rings is 1. The maximum Gasteiger partial charge on any atom is 0.410 e. The second kappa shape index (κ2) is 13.8. The van der Waals surface area contributed by atoms with E-state index in [1.165, 1.54) is 4.90 Å². The molecule has 1 amide bonds. The molecule has 0 saturated carbocycles. The molecule has 1 aliphatic heterocycles. The molecule has 0 unspecified atom stereocenters. The van der Waals surface area contributed by atoms with Gasteiger partial charge in [-0.15, -0.1) is 0 Å². The molecule has 1 aliphatic rings. The molecule has 0 aromatic carbocycles. The fraction of sp³-hybridized carbons (Fsp3) is 0.864. The molecule has 1 heterocycles. The predicted molar refractivity (Wildman–Crippen MR) is 127 cm³/mol. The molecule has 1 fully saturated rings. The van der Waals surface area contributed by atoms with Gasteiger partial charge in [0.1, 0.15) is 18.2 Å². The third-order valence-corrected chi connectivity index (χ3v) is 5.40. The Balaban J connectivity index is 2.89. The van der Waals surface area contributed by atoms with E-state index in [9.17, 15) is 14.4 Å². The van der Waals surface area contributed by atoms with E-state index in [1.807, 2.05) is 0 Å². The minimum absolute atomic E-state index is 0.119. The molecule has 0 aliphatic carbocycles. The highest BCUT2D eigenvalue weighted by atomic mass is 35.6. The fourth-order valence-corrected chi connectivity index (χ4v) is 3.69. The topological polar surface area (TPSA) is 84.9 Å². The number of carbonyl (C=O) groups is 3. The van der Waals surface area contributed by atoms with Gasteiger partial charge in [0.2, 0.25) is 3.79 Å². The van der Waals surface area contributed by atoms with Gasteiger partial charge in [-0.2, -0.15) is 0 Å². The maximum atomic E-state index is 13.5. The number of Topliss-reactive ketones (excluding diaryl/α,β-unsaturated/α-hetero) is 1. The molecule has 1 saturated heterocycles. The number of nitrogens with one attached hydrogen (secondary N) is 1. The van der Waals surface area contributed by atoms with Crippen molar-refractivity contribution in [3.05, 3.63) is 0 Å². The van der Waals surface area contributed by atoms with Crippen LogP contribution in [0.4, 0.5) is 4.79 Å². The van der Waals surface area contributed by atoms with E-state index in [4.69, 9.17) is 44.3 Å². The van der Waals surface area contributed by atoms with Crippen LogP contribution < -0.4 is 5.32 Å². The highest BCUT2D eigenvalue weighted by molar-refractivity contribution is 6.67. The fourth-order valence-electron chi connectivity index (χ4n) is 3.53. The van der Waals surface area contributed by atoms with Crippen molar-refractivity contribution in [3.8, 4) is 0 Å². The minimum Gasteiger partial charge on any atom is -0.461 e. The van der Waals surface area contributed by atoms with Gasteiger partial charge in [-0.1, -0.05) is 73.8 Å². The van der Waals surface area contributed by atoms with Crippen LogP contribution in [0, 0.1) is 5.92 Å². The molecule has 1 rings (SSSR count). The Morgan fingerprint density at radius 3 is 2.34 bits per heavy atom. The number of hydrogen-bond acceptors (Lipinski definition) is 6. The van der Waals surface area contributed by atoms with Crippen LogP contribution in [0.25, 0.3) is 0 Å². The van der Waals surface area contributed by atoms with Crippen molar-refractivity contribution in [1.82, 2.24) is 10.2 Å². The van der Waals surface area contributed by atoms with Crippen LogP contribution in [0.1, 0.15) is 72.6 Å². The lowest BCUT2D eigenvalue weighted by molar-refractivity contribution is -0.147. The number of nitrogens with zero attached hydrogens (tertiary/aromatic N) is 1. The molecule has 186 valence electrons. The average Bonchev–Trinajstić information content (AvgIpc) is 2.69. The summed E-state index contributed by atoms with van der Waals surface area (Å²) in [6.45, 7) is 8.32. The Hall–Kier alpha value is -0.760. The van der Waals surface area contributed by atoms with Crippen LogP contribution >= 0.6 is 34.8 Å². The van der Waals surface area contributed by atoms with E-state index in [1.54, 1.807) is 20.8 Å². The lowest BCUT2D eigenvalue weighted by Gasteiger charge is -2.37. The first-order chi connectivity index (χ1) is 14.8. The Morgan fingerprint density at radius 1 is 1.09 bits per heavy atom. The monoisotopic (exact) mass is 514 g/mol. The highest BCUT2D eigenvalue weighted by Gasteiger charge is 2.38. The number of ether oxygens (including phenoxy) is 2. The highest BCUT2D eigenvalue weighted by Crippen LogP contribution is 2.27. The first-order valence-electron chi connectivity index (χ1n) is 11.3. The standard InChI is InChI=1S/C22H37Cl3N2O5/c1-5-6-7-8-9-10-16(13-18(28)31-15-22(23,24)25)19(29)17-14-26-11-12-27(17)20(30)32-21(2,3)4/h16-17,26H,5-15H2,1-4H3/t16-,17+/m1/s1. The quantitative estimate of drug-likeness (QED) is 0.236. The molecule has 2 atom stereocenters. The molecule has 32 heavy (non-hydrogen) atoms. The Bertz CT molecular complexity index is 620. The summed E-state index contributed by atoms with van der Waals surface area (Å²) < 4.78 is 8.83. The zero-order valence-electron chi connectivity index (χ0n) is 19.6. The lowest BCUT2D eigenvalue weighted by atomic mass is 9.88. The summed E-state index contributed by atoms with van der Waals surface area (Å²) in [6.07, 6.45) is 4.98. The van der Waals surface area contributed by atoms with Gasteiger partial charge in [-0.05, 0) is 27.2 Å². The van der Waals surface area contributed by atoms with Crippen molar-refractivity contribution in [2.24, 2.45) is 5.92 Å². The minimum atomic E-state index is -1.71. The number of halogens is 3. The molecule has 10 heteroatoms. The van der Waals surface area contributed by atoms with Crippen molar-refractivity contribution in [1.29, 1.82) is 0 Å². The molecular weight excluding hydrogens is 479 g/mol. The summed E-state index contributed by atoms with van der Waals surface area (Å²) in [4.78, 5) is 40.0. The number of carbonyl (C=O) groups excluding carboxylic acids is 3. The first kappa shape index (κ1) is 29.3. The number of alkyl halides is 3. The summed E-state index contributed by atoms with van der Waals surface area (Å²) in [5.74, 6) is -1.37. The Labute approximate surface area is 206 Å². The van der Waals surface area contributed by atoms with E-state index < -0.39 is 33.4 Å². The van der Waals surface area contributed by atoms with Gasteiger partial charge in [0.15, 0.2) is 5.78 Å². The maximum absolute atomic E-state index is 13.5. The second-order valence-corrected chi connectivity index (χ2v) is 11.7. The number of hydrogen-bond donors (Lipinski definition) is 1. The molecule has 0 radical (unpaired) electrons. The molecular formula is C22H37Cl3N2O5. The van der Waals surface area contributed by atoms with Crippen molar-refractivity contribution in [2.45, 2.75) is 88.1 Å². The van der Waals surface area contributed by atoms with E-state index in [0.717, 1.165) is 32.1 Å². The number of ketones is 1. The third-order valence-electron chi connectivity index (χ3n) is 5.07. The van der Waals surface area contributed by atoms with Gasteiger partial charge in [0.05, 0.1) is 6.42 Å². The van der Waals surface area contributed by atoms with Crippen LogP contribution in [0.5, 0.6) is 0 Å². The smallest absolute Gasteiger partial charge is 0.410 e. The van der Waals surface area contributed by atoms with Crippen LogP contribution in [-0.2, 0) is 19.1 Å². The van der Waals surface area contributed by atoms with Crippen molar-refractivity contribution >= 4 is 52.6 Å². The van der Waals surface area contributed by atoms with E-state index in [0.29, 0.717) is 26.1 Å². The molecule has 0 spiro atoms. The summed E-state index contributed by atoms with van der Waals surface area (Å²) >= 11 is 17.0. The largest absolute Gasteiger partial charge is 0.461 e. The molecule has 0 aromatic rings. The molecule has 7 nitrogen and oxygen atoms in total. The zero-order chi connectivity index (χ0) is 24.4. The third kappa shape index (κ3) is 11.9. The summed E-state index contributed by atoms with van der Waals surface area (Å²) in [6, 6.07) is -0.708. The van der Waals surface area contributed by atoms with Gasteiger partial charge in [0, 0.05) is 25.6 Å². The molecule has 0 aromatic heterocycles. The van der Waals surface area contributed by atoms with Gasteiger partial charge >= 0.3 is 12.1 Å².